The molecule has 0 fully saturated rings. The Morgan fingerprint density at radius 3 is 2.05 bits per heavy atom. The van der Waals surface area contributed by atoms with Gasteiger partial charge in [0.2, 0.25) is 5.91 Å². The number of ether oxygens (including phenoxy) is 1. The predicted octanol–water partition coefficient (Wildman–Crippen LogP) is 2.61. The fourth-order valence-corrected chi connectivity index (χ4v) is 0.821. The zero-order chi connectivity index (χ0) is 15.4. The summed E-state index contributed by atoms with van der Waals surface area (Å²) in [6.45, 7) is 1.19. The van der Waals surface area contributed by atoms with Crippen molar-refractivity contribution >= 4 is 23.6 Å². The lowest BCUT2D eigenvalue weighted by Crippen LogP contribution is -2.53. The van der Waals surface area contributed by atoms with Crippen molar-refractivity contribution in [2.24, 2.45) is 5.92 Å². The van der Waals surface area contributed by atoms with Crippen LogP contribution in [-0.2, 0) is 9.53 Å². The highest BCUT2D eigenvalue weighted by atomic mass is 35.5. The molecule has 0 radical (unpaired) electrons. The van der Waals surface area contributed by atoms with Crippen LogP contribution in [0.4, 0.5) is 31.1 Å². The number of halogens is 7. The molecule has 0 bridgehead atoms. The fraction of sp³-hybridized carbons (Fsp3) is 0.750. The van der Waals surface area contributed by atoms with E-state index in [1.54, 1.807) is 0 Å². The monoisotopic (exact) mass is 315 g/mol. The number of carbonyl (C=O) groups excluding carboxylic acids is 2. The molecule has 0 heterocycles. The first-order valence-electron chi connectivity index (χ1n) is 4.59. The summed E-state index contributed by atoms with van der Waals surface area (Å²) in [5.74, 6) is -8.00. The van der Waals surface area contributed by atoms with E-state index in [1.807, 2.05) is 0 Å². The van der Waals surface area contributed by atoms with E-state index in [9.17, 15) is 35.9 Å². The van der Waals surface area contributed by atoms with E-state index in [1.165, 1.54) is 6.92 Å². The van der Waals surface area contributed by atoms with Crippen molar-refractivity contribution in [3.05, 3.63) is 0 Å². The average molecular weight is 316 g/mol. The standard InChI is InChI=1S/C8H8ClF6NO3/c1-3(2-9)4(17)16-6(18)19-7(12,5(10)11)8(13,14)15/h3,5H,2H2,1H3,(H,16,17,18). The fourth-order valence-electron chi connectivity index (χ4n) is 0.680. The molecule has 0 aromatic carbocycles. The number of carbonyl (C=O) groups is 2. The third-order valence-corrected chi connectivity index (χ3v) is 2.28. The van der Waals surface area contributed by atoms with Crippen LogP contribution in [0.15, 0.2) is 0 Å². The number of alkyl carbamates (subject to hydrolysis) is 1. The Morgan fingerprint density at radius 2 is 1.74 bits per heavy atom. The maximum absolute atomic E-state index is 12.9. The first kappa shape index (κ1) is 17.8. The highest BCUT2D eigenvalue weighted by Gasteiger charge is 2.67. The van der Waals surface area contributed by atoms with Gasteiger partial charge in [0.25, 0.3) is 0 Å². The third-order valence-electron chi connectivity index (χ3n) is 1.81. The summed E-state index contributed by atoms with van der Waals surface area (Å²) in [7, 11) is 0. The number of hydrogen-bond acceptors (Lipinski definition) is 3. The lowest BCUT2D eigenvalue weighted by atomic mass is 10.2. The van der Waals surface area contributed by atoms with E-state index >= 15 is 0 Å². The summed E-state index contributed by atoms with van der Waals surface area (Å²) in [5, 5.41) is 1.16. The van der Waals surface area contributed by atoms with Gasteiger partial charge in [-0.1, -0.05) is 6.92 Å². The molecule has 2 unspecified atom stereocenters. The SMILES string of the molecule is CC(CCl)C(=O)NC(=O)OC(F)(C(F)F)C(F)(F)F. The Hall–Kier alpha value is -1.19. The van der Waals surface area contributed by atoms with Crippen LogP contribution in [0.5, 0.6) is 0 Å². The van der Waals surface area contributed by atoms with Gasteiger partial charge in [-0.25, -0.2) is 13.6 Å². The maximum Gasteiger partial charge on any atom is 0.466 e. The Kier molecular flexibility index (Phi) is 5.91. The smallest absolute Gasteiger partial charge is 0.398 e. The second kappa shape index (κ2) is 6.31. The highest BCUT2D eigenvalue weighted by molar-refractivity contribution is 6.19. The molecule has 4 nitrogen and oxygen atoms in total. The second-order valence-corrected chi connectivity index (χ2v) is 3.69. The van der Waals surface area contributed by atoms with Crippen LogP contribution in [0.3, 0.4) is 0 Å². The van der Waals surface area contributed by atoms with Gasteiger partial charge in [-0.3, -0.25) is 10.1 Å². The van der Waals surface area contributed by atoms with Gasteiger partial charge < -0.3 is 4.74 Å². The molecular weight excluding hydrogens is 308 g/mol. The van der Waals surface area contributed by atoms with Crippen LogP contribution < -0.4 is 5.32 Å². The van der Waals surface area contributed by atoms with Crippen LogP contribution in [0, 0.1) is 5.92 Å². The molecule has 0 spiro atoms. The molecule has 2 atom stereocenters. The van der Waals surface area contributed by atoms with Gasteiger partial charge in [-0.15, -0.1) is 11.6 Å². The molecule has 11 heteroatoms. The molecule has 0 aliphatic carbocycles. The van der Waals surface area contributed by atoms with E-state index in [4.69, 9.17) is 11.6 Å². The van der Waals surface area contributed by atoms with Crippen molar-refractivity contribution < 1.29 is 40.7 Å². The number of rotatable bonds is 4. The van der Waals surface area contributed by atoms with Crippen molar-refractivity contribution in [3.8, 4) is 0 Å². The van der Waals surface area contributed by atoms with E-state index < -0.39 is 36.4 Å². The minimum Gasteiger partial charge on any atom is -0.398 e. The van der Waals surface area contributed by atoms with E-state index in [-0.39, 0.29) is 5.88 Å². The minimum atomic E-state index is -6.15. The van der Waals surface area contributed by atoms with Crippen molar-refractivity contribution in [2.75, 3.05) is 5.88 Å². The Balaban J connectivity index is 4.82. The van der Waals surface area contributed by atoms with Crippen LogP contribution in [0.25, 0.3) is 0 Å². The normalized spacial score (nSPS) is 16.7. The molecular formula is C8H8ClF6NO3. The molecule has 0 aromatic rings. The first-order chi connectivity index (χ1) is 8.45. The lowest BCUT2D eigenvalue weighted by Gasteiger charge is -2.26. The third kappa shape index (κ3) is 4.44. The summed E-state index contributed by atoms with van der Waals surface area (Å²) in [5.41, 5.74) is 0. The van der Waals surface area contributed by atoms with Crippen LogP contribution in [0.1, 0.15) is 6.92 Å². The van der Waals surface area contributed by atoms with E-state index in [2.05, 4.69) is 4.74 Å². The zero-order valence-corrected chi connectivity index (χ0v) is 9.99. The molecule has 0 saturated carbocycles. The molecule has 0 saturated heterocycles. The van der Waals surface area contributed by atoms with Gasteiger partial charge in [0.05, 0.1) is 0 Å². The molecule has 112 valence electrons. The predicted molar refractivity (Wildman–Crippen MR) is 50.4 cm³/mol. The van der Waals surface area contributed by atoms with Gasteiger partial charge in [0.1, 0.15) is 0 Å². The lowest BCUT2D eigenvalue weighted by molar-refractivity contribution is -0.349. The molecule has 0 aliphatic rings. The molecule has 2 amide bonds. The zero-order valence-electron chi connectivity index (χ0n) is 9.23. The van der Waals surface area contributed by atoms with Gasteiger partial charge in [0, 0.05) is 11.8 Å². The van der Waals surface area contributed by atoms with Gasteiger partial charge >= 0.3 is 24.5 Å². The summed E-state index contributed by atoms with van der Waals surface area (Å²) in [6.07, 6.45) is -13.1. The number of alkyl halides is 7. The van der Waals surface area contributed by atoms with Crippen molar-refractivity contribution in [3.63, 3.8) is 0 Å². The number of imide groups is 1. The topological polar surface area (TPSA) is 55.4 Å². The van der Waals surface area contributed by atoms with Crippen LogP contribution in [-0.4, -0.2) is 36.3 Å². The minimum absolute atomic E-state index is 0.298. The van der Waals surface area contributed by atoms with Gasteiger partial charge in [0.15, 0.2) is 0 Å². The number of hydrogen-bond donors (Lipinski definition) is 1. The summed E-state index contributed by atoms with van der Waals surface area (Å²) in [6, 6.07) is 0. The first-order valence-corrected chi connectivity index (χ1v) is 5.12. The van der Waals surface area contributed by atoms with E-state index in [0.717, 1.165) is 5.32 Å². The van der Waals surface area contributed by atoms with Gasteiger partial charge in [-0.05, 0) is 0 Å². The molecule has 0 aromatic heterocycles. The molecule has 1 N–H and O–H groups in total. The van der Waals surface area contributed by atoms with Gasteiger partial charge in [-0.2, -0.15) is 17.6 Å². The summed E-state index contributed by atoms with van der Waals surface area (Å²) in [4.78, 5) is 21.8. The summed E-state index contributed by atoms with van der Waals surface area (Å²) >= 11 is 5.20. The molecule has 0 rings (SSSR count). The largest absolute Gasteiger partial charge is 0.466 e. The quantitative estimate of drug-likeness (QED) is 0.641. The van der Waals surface area contributed by atoms with Crippen molar-refractivity contribution in [1.29, 1.82) is 0 Å². The van der Waals surface area contributed by atoms with E-state index in [0.29, 0.717) is 0 Å². The Bertz CT molecular complexity index is 350. The number of amides is 2. The maximum atomic E-state index is 12.9. The van der Waals surface area contributed by atoms with Crippen molar-refractivity contribution in [2.45, 2.75) is 25.4 Å². The average Bonchev–Trinajstić information content (AvgIpc) is 2.25. The molecule has 19 heavy (non-hydrogen) atoms. The Morgan fingerprint density at radius 1 is 1.26 bits per heavy atom. The second-order valence-electron chi connectivity index (χ2n) is 3.38. The van der Waals surface area contributed by atoms with Crippen LogP contribution >= 0.6 is 11.6 Å². The highest BCUT2D eigenvalue weighted by Crippen LogP contribution is 2.39. The summed E-state index contributed by atoms with van der Waals surface area (Å²) < 4.78 is 75.9. The Labute approximate surface area is 108 Å². The van der Waals surface area contributed by atoms with Crippen LogP contribution in [0.2, 0.25) is 0 Å². The van der Waals surface area contributed by atoms with Crippen molar-refractivity contribution in [1.82, 2.24) is 5.32 Å². The number of nitrogens with one attached hydrogen (secondary N) is 1. The molecule has 0 aliphatic heterocycles.